The monoisotopic (exact) mass is 590 g/mol. The van der Waals surface area contributed by atoms with Crippen LogP contribution < -0.4 is 0 Å². The lowest BCUT2D eigenvalue weighted by Crippen LogP contribution is -2.60. The number of nitrogens with zero attached hydrogens (tertiary/aromatic N) is 4. The van der Waals surface area contributed by atoms with E-state index in [1.165, 1.54) is 0 Å². The standard InChI is InChI=1S/C31H50N4O5S/c1-7-10-33(11-8-2)28(37)25-24-19-22(6)31(41-24)26(25)29(38)35(23(20-36)21(4)5)27(31)30(39)34(12-9-3)14-13-32-15-17-40-18-16-32/h7,9,21-27,36H,1,3,8,10-20H2,2,4-6H3/t22?,23-,24-,25+,26-,27?,31?/m0/s1. The molecular formula is C31H50N4O5S. The summed E-state index contributed by atoms with van der Waals surface area (Å²) in [5.41, 5.74) is 0. The van der Waals surface area contributed by atoms with Gasteiger partial charge in [-0.15, -0.1) is 24.9 Å². The molecule has 230 valence electrons. The third-order valence-electron chi connectivity index (χ3n) is 9.62. The average molecular weight is 591 g/mol. The minimum absolute atomic E-state index is 0.00946. The van der Waals surface area contributed by atoms with Gasteiger partial charge < -0.3 is 24.5 Å². The minimum Gasteiger partial charge on any atom is -0.394 e. The number of morpholine rings is 1. The quantitative estimate of drug-likeness (QED) is 0.310. The van der Waals surface area contributed by atoms with E-state index in [0.29, 0.717) is 45.9 Å². The fourth-order valence-corrected chi connectivity index (χ4v) is 10.0. The molecule has 10 heteroatoms. The average Bonchev–Trinajstić information content (AvgIpc) is 3.55. The van der Waals surface area contributed by atoms with E-state index in [1.54, 1.807) is 28.8 Å². The molecule has 0 aliphatic carbocycles. The third-order valence-corrected chi connectivity index (χ3v) is 11.7. The molecule has 0 aromatic carbocycles. The van der Waals surface area contributed by atoms with Gasteiger partial charge in [0.25, 0.3) is 0 Å². The fraction of sp³-hybridized carbons (Fsp3) is 0.774. The Bertz CT molecular complexity index is 988. The van der Waals surface area contributed by atoms with Crippen LogP contribution in [0.2, 0.25) is 0 Å². The number of aliphatic hydroxyl groups excluding tert-OH is 1. The summed E-state index contributed by atoms with van der Waals surface area (Å²) >= 11 is 1.70. The summed E-state index contributed by atoms with van der Waals surface area (Å²) in [5, 5.41) is 10.5. The van der Waals surface area contributed by atoms with E-state index in [-0.39, 0.29) is 41.4 Å². The first-order valence-corrected chi connectivity index (χ1v) is 16.3. The van der Waals surface area contributed by atoms with Gasteiger partial charge in [0, 0.05) is 51.1 Å². The summed E-state index contributed by atoms with van der Waals surface area (Å²) < 4.78 is 4.78. The highest BCUT2D eigenvalue weighted by Crippen LogP contribution is 2.69. The molecule has 1 N–H and O–H groups in total. The molecule has 4 aliphatic rings. The molecule has 0 radical (unpaired) electrons. The van der Waals surface area contributed by atoms with E-state index < -0.39 is 28.7 Å². The van der Waals surface area contributed by atoms with Crippen LogP contribution in [0.4, 0.5) is 0 Å². The van der Waals surface area contributed by atoms with Crippen molar-refractivity contribution in [1.82, 2.24) is 19.6 Å². The second-order valence-electron chi connectivity index (χ2n) is 12.4. The van der Waals surface area contributed by atoms with E-state index in [1.807, 2.05) is 30.6 Å². The highest BCUT2D eigenvalue weighted by Gasteiger charge is 2.77. The molecule has 1 spiro atoms. The van der Waals surface area contributed by atoms with E-state index >= 15 is 0 Å². The first-order valence-electron chi connectivity index (χ1n) is 15.4. The summed E-state index contributed by atoms with van der Waals surface area (Å²) in [5.74, 6) is -1.32. The molecule has 3 unspecified atom stereocenters. The highest BCUT2D eigenvalue weighted by molar-refractivity contribution is 8.02. The van der Waals surface area contributed by atoms with Crippen molar-refractivity contribution in [3.63, 3.8) is 0 Å². The number of rotatable bonds is 14. The maximum atomic E-state index is 14.7. The van der Waals surface area contributed by atoms with Crippen molar-refractivity contribution in [3.05, 3.63) is 25.3 Å². The van der Waals surface area contributed by atoms with E-state index in [2.05, 4.69) is 25.0 Å². The number of hydrogen-bond donors (Lipinski definition) is 1. The Balaban J connectivity index is 1.74. The lowest BCUT2D eigenvalue weighted by Gasteiger charge is -2.43. The number of likely N-dealkylation sites (tertiary alicyclic amines) is 1. The number of thioether (sulfide) groups is 1. The maximum absolute atomic E-state index is 14.7. The van der Waals surface area contributed by atoms with Gasteiger partial charge in [-0.05, 0) is 24.7 Å². The summed E-state index contributed by atoms with van der Waals surface area (Å²) in [7, 11) is 0. The van der Waals surface area contributed by atoms with Crippen LogP contribution in [-0.2, 0) is 19.1 Å². The van der Waals surface area contributed by atoms with Crippen LogP contribution in [-0.4, -0.2) is 130 Å². The first-order chi connectivity index (χ1) is 19.7. The van der Waals surface area contributed by atoms with E-state index in [9.17, 15) is 19.5 Å². The highest BCUT2D eigenvalue weighted by atomic mass is 32.2. The van der Waals surface area contributed by atoms with Crippen molar-refractivity contribution >= 4 is 29.5 Å². The number of fused-ring (bicyclic) bond motifs is 1. The largest absolute Gasteiger partial charge is 0.394 e. The normalized spacial score (nSPS) is 31.8. The Hall–Kier alpha value is -1.88. The van der Waals surface area contributed by atoms with Crippen molar-refractivity contribution in [3.8, 4) is 0 Å². The number of carbonyl (C=O) groups is 3. The second kappa shape index (κ2) is 13.6. The molecule has 4 rings (SSSR count). The van der Waals surface area contributed by atoms with Crippen molar-refractivity contribution in [2.24, 2.45) is 23.7 Å². The lowest BCUT2D eigenvalue weighted by atomic mass is 9.65. The van der Waals surface area contributed by atoms with Gasteiger partial charge in [-0.1, -0.05) is 39.8 Å². The number of amides is 3. The summed E-state index contributed by atoms with van der Waals surface area (Å²) in [4.78, 5) is 51.0. The van der Waals surface area contributed by atoms with Gasteiger partial charge in [-0.2, -0.15) is 0 Å². The molecule has 4 fully saturated rings. The SMILES string of the molecule is C=CCN(CCN1CCOCC1)C(=O)C1N([C@@H](CO)C(C)C)C(=O)[C@@H]2[C@H](C(=O)N(CC=C)CCC)[C@@H]3CC(C)C12S3. The third kappa shape index (κ3) is 5.74. The summed E-state index contributed by atoms with van der Waals surface area (Å²) in [6.45, 7) is 21.4. The van der Waals surface area contributed by atoms with Gasteiger partial charge in [-0.3, -0.25) is 19.3 Å². The zero-order chi connectivity index (χ0) is 29.9. The smallest absolute Gasteiger partial charge is 0.247 e. The molecule has 4 aliphatic heterocycles. The zero-order valence-corrected chi connectivity index (χ0v) is 26.2. The summed E-state index contributed by atoms with van der Waals surface area (Å²) in [6.07, 6.45) is 5.09. The number of carbonyl (C=O) groups excluding carboxylic acids is 3. The molecule has 4 saturated heterocycles. The van der Waals surface area contributed by atoms with E-state index in [4.69, 9.17) is 4.74 Å². The molecular weight excluding hydrogens is 540 g/mol. The number of hydrogen-bond acceptors (Lipinski definition) is 7. The Morgan fingerprint density at radius 2 is 1.78 bits per heavy atom. The number of aliphatic hydroxyl groups is 1. The fourth-order valence-electron chi connectivity index (χ4n) is 7.63. The molecule has 9 nitrogen and oxygen atoms in total. The molecule has 0 aromatic heterocycles. The zero-order valence-electron chi connectivity index (χ0n) is 25.4. The maximum Gasteiger partial charge on any atom is 0.247 e. The van der Waals surface area contributed by atoms with Gasteiger partial charge in [-0.25, -0.2) is 0 Å². The molecule has 2 bridgehead atoms. The Labute approximate surface area is 250 Å². The molecule has 41 heavy (non-hydrogen) atoms. The van der Waals surface area contributed by atoms with Gasteiger partial charge in [0.05, 0.1) is 42.4 Å². The van der Waals surface area contributed by atoms with Gasteiger partial charge in [0.2, 0.25) is 17.7 Å². The van der Waals surface area contributed by atoms with Gasteiger partial charge in [0.15, 0.2) is 0 Å². The van der Waals surface area contributed by atoms with Gasteiger partial charge >= 0.3 is 0 Å². The molecule has 0 saturated carbocycles. The predicted octanol–water partition coefficient (Wildman–Crippen LogP) is 2.11. The van der Waals surface area contributed by atoms with Crippen molar-refractivity contribution in [1.29, 1.82) is 0 Å². The Morgan fingerprint density at radius 3 is 2.34 bits per heavy atom. The van der Waals surface area contributed by atoms with Crippen LogP contribution in [0.1, 0.15) is 40.5 Å². The number of ether oxygens (including phenoxy) is 1. The van der Waals surface area contributed by atoms with Crippen molar-refractivity contribution in [2.75, 3.05) is 65.6 Å². The predicted molar refractivity (Wildman–Crippen MR) is 162 cm³/mol. The molecule has 7 atom stereocenters. The second-order valence-corrected chi connectivity index (χ2v) is 13.9. The first kappa shape index (κ1) is 32.0. The lowest BCUT2D eigenvalue weighted by molar-refractivity contribution is -0.148. The Kier molecular flexibility index (Phi) is 10.6. The Morgan fingerprint density at radius 1 is 1.15 bits per heavy atom. The minimum atomic E-state index is -0.744. The van der Waals surface area contributed by atoms with Gasteiger partial charge in [0.1, 0.15) is 6.04 Å². The van der Waals surface area contributed by atoms with Crippen LogP contribution in [0.5, 0.6) is 0 Å². The van der Waals surface area contributed by atoms with Crippen LogP contribution in [0.25, 0.3) is 0 Å². The van der Waals surface area contributed by atoms with Crippen LogP contribution in [0, 0.1) is 23.7 Å². The summed E-state index contributed by atoms with van der Waals surface area (Å²) in [6, 6.07) is -1.25. The van der Waals surface area contributed by atoms with E-state index in [0.717, 1.165) is 25.9 Å². The molecule has 4 heterocycles. The van der Waals surface area contributed by atoms with Crippen LogP contribution in [0.15, 0.2) is 25.3 Å². The van der Waals surface area contributed by atoms with Crippen LogP contribution in [0.3, 0.4) is 0 Å². The topological polar surface area (TPSA) is 93.6 Å². The molecule has 3 amide bonds. The van der Waals surface area contributed by atoms with Crippen LogP contribution >= 0.6 is 11.8 Å². The van der Waals surface area contributed by atoms with Crippen molar-refractivity contribution < 1.29 is 24.2 Å². The molecule has 0 aromatic rings. The van der Waals surface area contributed by atoms with Crippen molar-refractivity contribution in [2.45, 2.75) is 62.6 Å².